The van der Waals surface area contributed by atoms with Crippen molar-refractivity contribution in [3.8, 4) is 0 Å². The second-order valence-corrected chi connectivity index (χ2v) is 7.85. The van der Waals surface area contributed by atoms with Crippen molar-refractivity contribution >= 4 is 0 Å². The molecule has 0 aliphatic heterocycles. The molecule has 0 aromatic rings. The van der Waals surface area contributed by atoms with Gasteiger partial charge in [-0.1, -0.05) is 0 Å². The summed E-state index contributed by atoms with van der Waals surface area (Å²) in [5, 5.41) is 8.79. The van der Waals surface area contributed by atoms with Gasteiger partial charge in [-0.3, -0.25) is 0 Å². The first-order valence-corrected chi connectivity index (χ1v) is 8.20. The topological polar surface area (TPSA) is 29.5 Å². The first kappa shape index (κ1) is 26.3. The van der Waals surface area contributed by atoms with E-state index in [1.165, 1.54) is 0 Å². The van der Waals surface area contributed by atoms with E-state index in [2.05, 4.69) is 4.74 Å². The van der Waals surface area contributed by atoms with Crippen LogP contribution in [0.1, 0.15) is 6.92 Å². The summed E-state index contributed by atoms with van der Waals surface area (Å²) >= 11 is 0. The van der Waals surface area contributed by atoms with Crippen molar-refractivity contribution in [1.82, 2.24) is 0 Å². The Kier molecular flexibility index (Phi) is 4.46. The van der Waals surface area contributed by atoms with Crippen molar-refractivity contribution in [3.05, 3.63) is 0 Å². The molecule has 33 heavy (non-hydrogen) atoms. The van der Waals surface area contributed by atoms with E-state index >= 15 is 0 Å². The zero-order valence-electron chi connectivity index (χ0n) is 15.1. The van der Waals surface area contributed by atoms with Crippen LogP contribution in [0.5, 0.6) is 0 Å². The number of aliphatic hydroxyl groups is 1. The minimum Gasteiger partial charge on any atom is -0.391 e. The summed E-state index contributed by atoms with van der Waals surface area (Å²) in [6.45, 7) is -1.94. The van der Waals surface area contributed by atoms with Crippen LogP contribution >= 0.6 is 0 Å². The number of hydrogen-bond donors (Lipinski definition) is 1. The molecular formula is C14H7F17O2. The van der Waals surface area contributed by atoms with E-state index in [0.717, 1.165) is 0 Å². The van der Waals surface area contributed by atoms with Crippen LogP contribution in [0.4, 0.5) is 74.6 Å². The normalized spacial score (nSPS) is 46.3. The highest BCUT2D eigenvalue weighted by molar-refractivity contribution is 5.53. The lowest BCUT2D eigenvalue weighted by molar-refractivity contribution is -0.640. The Bertz CT molecular complexity index is 766. The highest BCUT2D eigenvalue weighted by atomic mass is 19.4. The maximum Gasteiger partial charge on any atom is 0.379 e. The Morgan fingerprint density at radius 1 is 0.576 bits per heavy atom. The smallest absolute Gasteiger partial charge is 0.379 e. The molecule has 0 radical (unpaired) electrons. The van der Waals surface area contributed by atoms with Crippen molar-refractivity contribution in [2.24, 2.45) is 5.41 Å². The lowest BCUT2D eigenvalue weighted by Crippen LogP contribution is -3.09. The monoisotopic (exact) mass is 530 g/mol. The fourth-order valence-electron chi connectivity index (χ4n) is 4.73. The van der Waals surface area contributed by atoms with Crippen molar-refractivity contribution in [2.75, 3.05) is 6.61 Å². The number of alkyl halides is 17. The molecule has 0 saturated heterocycles. The Morgan fingerprint density at radius 3 is 1.03 bits per heavy atom. The van der Waals surface area contributed by atoms with Gasteiger partial charge in [0.15, 0.2) is 0 Å². The van der Waals surface area contributed by atoms with Crippen LogP contribution in [0.3, 0.4) is 0 Å². The third-order valence-electron chi connectivity index (χ3n) is 6.25. The predicted molar refractivity (Wildman–Crippen MR) is 66.2 cm³/mol. The fraction of sp³-hybridized carbons (Fsp3) is 1.00. The third-order valence-corrected chi connectivity index (χ3v) is 6.25. The quantitative estimate of drug-likeness (QED) is 0.523. The minimum atomic E-state index is -8.27. The molecule has 1 atom stereocenters. The van der Waals surface area contributed by atoms with Crippen molar-refractivity contribution in [2.45, 2.75) is 71.7 Å². The van der Waals surface area contributed by atoms with Gasteiger partial charge in [0.1, 0.15) is 0 Å². The summed E-state index contributed by atoms with van der Waals surface area (Å²) < 4.78 is 249. The molecule has 0 aromatic heterocycles. The van der Waals surface area contributed by atoms with E-state index in [4.69, 9.17) is 5.11 Å². The van der Waals surface area contributed by atoms with Crippen LogP contribution in [0.15, 0.2) is 0 Å². The number of hydrogen-bond acceptors (Lipinski definition) is 2. The number of ether oxygens (including phenoxy) is 1. The molecule has 194 valence electrons. The van der Waals surface area contributed by atoms with Crippen LogP contribution in [0.25, 0.3) is 0 Å². The molecule has 0 heterocycles. The van der Waals surface area contributed by atoms with Gasteiger partial charge in [0.25, 0.3) is 5.41 Å². The molecule has 4 aliphatic rings. The van der Waals surface area contributed by atoms with Gasteiger partial charge in [0.2, 0.25) is 0 Å². The van der Waals surface area contributed by atoms with Crippen LogP contribution in [-0.2, 0) is 4.74 Å². The Balaban J connectivity index is 2.67. The Hall–Kier alpha value is -1.27. The molecule has 0 spiro atoms. The van der Waals surface area contributed by atoms with Crippen molar-refractivity contribution in [3.63, 3.8) is 0 Å². The van der Waals surface area contributed by atoms with Crippen LogP contribution in [-0.4, -0.2) is 76.5 Å². The predicted octanol–water partition coefficient (Wildman–Crippen LogP) is 4.94. The van der Waals surface area contributed by atoms with Crippen LogP contribution in [0, 0.1) is 5.41 Å². The highest BCUT2D eigenvalue weighted by Crippen LogP contribution is 2.92. The molecule has 4 rings (SSSR count). The van der Waals surface area contributed by atoms with Gasteiger partial charge in [-0.25, -0.2) is 39.5 Å². The van der Waals surface area contributed by atoms with E-state index in [0.29, 0.717) is 6.92 Å². The number of halogens is 17. The van der Waals surface area contributed by atoms with E-state index < -0.39 is 76.8 Å². The van der Waals surface area contributed by atoms with E-state index in [1.807, 2.05) is 0 Å². The lowest BCUT2D eigenvalue weighted by Gasteiger charge is -2.75. The molecule has 0 aromatic carbocycles. The first-order valence-electron chi connectivity index (χ1n) is 8.20. The molecule has 4 fully saturated rings. The molecule has 4 aliphatic carbocycles. The van der Waals surface area contributed by atoms with Gasteiger partial charge >= 0.3 is 58.7 Å². The Morgan fingerprint density at radius 2 is 0.818 bits per heavy atom. The fourth-order valence-corrected chi connectivity index (χ4v) is 4.73. The van der Waals surface area contributed by atoms with Gasteiger partial charge in [-0.05, 0) is 6.92 Å². The second-order valence-electron chi connectivity index (χ2n) is 7.85. The van der Waals surface area contributed by atoms with Crippen LogP contribution < -0.4 is 0 Å². The maximum absolute atomic E-state index is 14.7. The lowest BCUT2D eigenvalue weighted by atomic mass is 9.36. The summed E-state index contributed by atoms with van der Waals surface area (Å²) in [5.41, 5.74) is -32.4. The average Bonchev–Trinajstić information content (AvgIpc) is 2.59. The van der Waals surface area contributed by atoms with Gasteiger partial charge in [-0.15, -0.1) is 0 Å². The summed E-state index contributed by atoms with van der Waals surface area (Å²) in [5.74, 6) is -49.3. The Labute approximate surface area is 169 Å². The average molecular weight is 530 g/mol. The van der Waals surface area contributed by atoms with E-state index in [9.17, 15) is 74.6 Å². The van der Waals surface area contributed by atoms with Gasteiger partial charge in [0, 0.05) is 0 Å². The second kappa shape index (κ2) is 5.59. The standard InChI is InChI=1S/C14H7F17O2/c1-3(32)2-33-14(30,31)4-8(18,19)5(15)11(24,25)6(16,9(4,20)21)13(28,29)7(17,10(4,22)23)12(5,26)27/h3,32H,2H2,1H3. The molecule has 4 saturated carbocycles. The molecule has 19 heteroatoms. The zero-order valence-corrected chi connectivity index (χ0v) is 15.1. The molecule has 1 N–H and O–H groups in total. The van der Waals surface area contributed by atoms with Crippen molar-refractivity contribution < 1.29 is 84.5 Å². The molecule has 1 unspecified atom stereocenters. The zero-order chi connectivity index (χ0) is 26.5. The maximum atomic E-state index is 14.7. The number of aliphatic hydroxyl groups excluding tert-OH is 1. The summed E-state index contributed by atoms with van der Waals surface area (Å²) in [6.07, 6.45) is -9.82. The third kappa shape index (κ3) is 1.71. The summed E-state index contributed by atoms with van der Waals surface area (Å²) in [4.78, 5) is 0. The SMILES string of the molecule is CC(O)COC(F)(F)C12C(F)(F)C3(F)C(F)(F)C(F)(C(F)(F)C(F)(C3(F)F)C1(F)F)C2(F)F. The highest BCUT2D eigenvalue weighted by Gasteiger charge is 3.25. The molecular weight excluding hydrogens is 523 g/mol. The van der Waals surface area contributed by atoms with Gasteiger partial charge in [-0.2, -0.15) is 35.1 Å². The summed E-state index contributed by atoms with van der Waals surface area (Å²) in [7, 11) is 0. The minimum absolute atomic E-state index is 0.366. The van der Waals surface area contributed by atoms with Crippen molar-refractivity contribution in [1.29, 1.82) is 0 Å². The molecule has 0 amide bonds. The number of rotatable bonds is 4. The van der Waals surface area contributed by atoms with E-state index in [1.54, 1.807) is 0 Å². The first-order chi connectivity index (χ1) is 14.2. The largest absolute Gasteiger partial charge is 0.391 e. The van der Waals surface area contributed by atoms with Gasteiger partial charge < -0.3 is 9.84 Å². The van der Waals surface area contributed by atoms with E-state index in [-0.39, 0.29) is 0 Å². The van der Waals surface area contributed by atoms with Crippen LogP contribution in [0.2, 0.25) is 0 Å². The summed E-state index contributed by atoms with van der Waals surface area (Å²) in [6, 6.07) is 0. The molecule has 4 bridgehead atoms. The molecule has 2 nitrogen and oxygen atoms in total. The van der Waals surface area contributed by atoms with Gasteiger partial charge in [0.05, 0.1) is 12.7 Å².